The minimum Gasteiger partial charge on any atom is -0.454 e. The molecular formula is C26H23FN2O4. The average molecular weight is 446 g/mol. The van der Waals surface area contributed by atoms with Crippen LogP contribution in [0.15, 0.2) is 60.7 Å². The Morgan fingerprint density at radius 1 is 1.03 bits per heavy atom. The van der Waals surface area contributed by atoms with Crippen LogP contribution in [0.4, 0.5) is 10.1 Å². The van der Waals surface area contributed by atoms with E-state index in [1.807, 2.05) is 17.0 Å². The second-order valence-corrected chi connectivity index (χ2v) is 8.71. The van der Waals surface area contributed by atoms with Crippen molar-refractivity contribution in [2.75, 3.05) is 25.3 Å². The van der Waals surface area contributed by atoms with Gasteiger partial charge in [0.25, 0.3) is 5.91 Å². The van der Waals surface area contributed by atoms with Crippen LogP contribution in [0.2, 0.25) is 0 Å². The van der Waals surface area contributed by atoms with Crippen molar-refractivity contribution in [1.82, 2.24) is 4.90 Å². The Hall–Kier alpha value is -3.58. The molecule has 3 aliphatic rings. The summed E-state index contributed by atoms with van der Waals surface area (Å²) in [6, 6.07) is 17.4. The van der Waals surface area contributed by atoms with E-state index in [0.717, 1.165) is 28.8 Å². The van der Waals surface area contributed by atoms with Gasteiger partial charge in [-0.2, -0.15) is 0 Å². The molecule has 33 heavy (non-hydrogen) atoms. The molecule has 1 saturated heterocycles. The third-order valence-electron chi connectivity index (χ3n) is 6.93. The molecule has 0 aromatic heterocycles. The van der Waals surface area contributed by atoms with Gasteiger partial charge in [-0.3, -0.25) is 4.79 Å². The summed E-state index contributed by atoms with van der Waals surface area (Å²) in [5.41, 5.74) is 4.34. The molecule has 0 spiro atoms. The molecule has 1 fully saturated rings. The van der Waals surface area contributed by atoms with Crippen LogP contribution in [0.1, 0.15) is 28.4 Å². The van der Waals surface area contributed by atoms with E-state index in [1.165, 1.54) is 12.1 Å². The Morgan fingerprint density at radius 2 is 1.82 bits per heavy atom. The van der Waals surface area contributed by atoms with Gasteiger partial charge in [0.1, 0.15) is 5.82 Å². The zero-order valence-electron chi connectivity index (χ0n) is 17.8. The van der Waals surface area contributed by atoms with Gasteiger partial charge in [-0.1, -0.05) is 18.2 Å². The molecule has 0 radical (unpaired) electrons. The predicted octanol–water partition coefficient (Wildman–Crippen LogP) is 4.21. The lowest BCUT2D eigenvalue weighted by Gasteiger charge is -2.39. The van der Waals surface area contributed by atoms with Gasteiger partial charge in [0.15, 0.2) is 11.5 Å². The van der Waals surface area contributed by atoms with Crippen molar-refractivity contribution in [2.45, 2.75) is 18.5 Å². The van der Waals surface area contributed by atoms with Crippen molar-refractivity contribution in [1.29, 1.82) is 0 Å². The lowest BCUT2D eigenvalue weighted by molar-refractivity contribution is 0.0700. The number of likely N-dealkylation sites (tertiary alicyclic amines) is 1. The first-order chi connectivity index (χ1) is 16.1. The Labute approximate surface area is 190 Å². The van der Waals surface area contributed by atoms with Crippen LogP contribution in [0, 0.1) is 11.7 Å². The number of nitrogens with zero attached hydrogens (tertiary/aromatic N) is 1. The van der Waals surface area contributed by atoms with E-state index in [0.29, 0.717) is 23.6 Å². The number of aliphatic hydroxyl groups excluding tert-OH is 1. The highest BCUT2D eigenvalue weighted by Gasteiger charge is 2.46. The molecule has 0 saturated carbocycles. The van der Waals surface area contributed by atoms with Crippen molar-refractivity contribution in [3.8, 4) is 22.6 Å². The fourth-order valence-electron chi connectivity index (χ4n) is 5.31. The summed E-state index contributed by atoms with van der Waals surface area (Å²) in [4.78, 5) is 15.5. The molecule has 2 N–H and O–H groups in total. The zero-order chi connectivity index (χ0) is 22.5. The number of hydrogen-bond acceptors (Lipinski definition) is 5. The highest BCUT2D eigenvalue weighted by atomic mass is 19.1. The summed E-state index contributed by atoms with van der Waals surface area (Å²) in [5.74, 6) is 0.957. The molecule has 3 aromatic carbocycles. The van der Waals surface area contributed by atoms with Crippen LogP contribution in [0.25, 0.3) is 11.1 Å². The second-order valence-electron chi connectivity index (χ2n) is 8.71. The first kappa shape index (κ1) is 20.1. The standard InChI is InChI=1S/C26H23FN2O4/c27-18-5-1-15(2-6-18)16-3-7-21-20(11-16)25-19(22(13-30)28-21)9-10-29(25)26(31)17-4-8-23-24(12-17)33-14-32-23/h1-8,11-12,19,22,25,28,30H,9-10,13-14H2/t19-,22-,25-/m0/s1. The Morgan fingerprint density at radius 3 is 2.64 bits per heavy atom. The molecule has 3 heterocycles. The molecular weight excluding hydrogens is 423 g/mol. The van der Waals surface area contributed by atoms with Gasteiger partial charge in [0.05, 0.1) is 18.7 Å². The highest BCUT2D eigenvalue weighted by Crippen LogP contribution is 2.48. The Kier molecular flexibility index (Phi) is 4.73. The van der Waals surface area contributed by atoms with E-state index in [1.54, 1.807) is 30.3 Å². The number of hydrogen-bond donors (Lipinski definition) is 2. The maximum atomic E-state index is 13.6. The van der Waals surface area contributed by atoms with Crippen molar-refractivity contribution in [3.63, 3.8) is 0 Å². The fraction of sp³-hybridized carbons (Fsp3) is 0.269. The van der Waals surface area contributed by atoms with Crippen molar-refractivity contribution in [3.05, 3.63) is 77.6 Å². The SMILES string of the molecule is O=C(c1ccc2c(c1)OCO2)N1CC[C@H]2[C@H](CO)Nc3ccc(-c4ccc(F)cc4)cc3[C@H]21. The predicted molar refractivity (Wildman–Crippen MR) is 121 cm³/mol. The number of benzene rings is 3. The molecule has 7 heteroatoms. The van der Waals surface area contributed by atoms with Gasteiger partial charge in [0.2, 0.25) is 6.79 Å². The molecule has 6 rings (SSSR count). The minimum absolute atomic E-state index is 0.00756. The maximum absolute atomic E-state index is 13.6. The molecule has 0 aliphatic carbocycles. The summed E-state index contributed by atoms with van der Waals surface area (Å²) in [5, 5.41) is 13.5. The number of carbonyl (C=O) groups excluding carboxylic acids is 1. The fourth-order valence-corrected chi connectivity index (χ4v) is 5.31. The van der Waals surface area contributed by atoms with E-state index < -0.39 is 0 Å². The lowest BCUT2D eigenvalue weighted by Crippen LogP contribution is -2.42. The number of nitrogens with one attached hydrogen (secondary N) is 1. The van der Waals surface area contributed by atoms with Crippen LogP contribution in [0.5, 0.6) is 11.5 Å². The Balaban J connectivity index is 1.39. The largest absolute Gasteiger partial charge is 0.454 e. The summed E-state index contributed by atoms with van der Waals surface area (Å²) in [7, 11) is 0. The van der Waals surface area contributed by atoms with Crippen LogP contribution < -0.4 is 14.8 Å². The first-order valence-corrected chi connectivity index (χ1v) is 11.1. The summed E-state index contributed by atoms with van der Waals surface area (Å²) in [6.45, 7) is 0.748. The van der Waals surface area contributed by atoms with Crippen molar-refractivity contribution >= 4 is 11.6 Å². The van der Waals surface area contributed by atoms with Gasteiger partial charge < -0.3 is 24.8 Å². The number of halogens is 1. The maximum Gasteiger partial charge on any atom is 0.254 e. The van der Waals surface area contributed by atoms with E-state index in [2.05, 4.69) is 11.4 Å². The summed E-state index contributed by atoms with van der Waals surface area (Å²) < 4.78 is 24.3. The molecule has 0 bridgehead atoms. The third kappa shape index (κ3) is 3.31. The molecule has 6 nitrogen and oxygen atoms in total. The van der Waals surface area contributed by atoms with Crippen molar-refractivity contribution < 1.29 is 23.8 Å². The van der Waals surface area contributed by atoms with Gasteiger partial charge in [-0.15, -0.1) is 0 Å². The zero-order valence-corrected chi connectivity index (χ0v) is 17.8. The quantitative estimate of drug-likeness (QED) is 0.631. The molecule has 3 aliphatic heterocycles. The summed E-state index contributed by atoms with van der Waals surface area (Å²) in [6.07, 6.45) is 0.791. The number of carbonyl (C=O) groups is 1. The molecule has 168 valence electrons. The molecule has 3 atom stereocenters. The molecule has 1 amide bonds. The van der Waals surface area contributed by atoms with Crippen LogP contribution in [-0.4, -0.2) is 41.9 Å². The number of amides is 1. The van der Waals surface area contributed by atoms with E-state index in [9.17, 15) is 14.3 Å². The topological polar surface area (TPSA) is 71.0 Å². The number of aliphatic hydroxyl groups is 1. The number of ether oxygens (including phenoxy) is 2. The van der Waals surface area contributed by atoms with Crippen LogP contribution in [0.3, 0.4) is 0 Å². The number of anilines is 1. The van der Waals surface area contributed by atoms with E-state index in [4.69, 9.17) is 9.47 Å². The smallest absolute Gasteiger partial charge is 0.254 e. The average Bonchev–Trinajstić information content (AvgIpc) is 3.50. The van der Waals surface area contributed by atoms with E-state index >= 15 is 0 Å². The monoisotopic (exact) mass is 446 g/mol. The van der Waals surface area contributed by atoms with Crippen LogP contribution >= 0.6 is 0 Å². The third-order valence-corrected chi connectivity index (χ3v) is 6.93. The van der Waals surface area contributed by atoms with Gasteiger partial charge in [0, 0.05) is 23.7 Å². The van der Waals surface area contributed by atoms with Gasteiger partial charge in [-0.05, 0) is 65.6 Å². The minimum atomic E-state index is -0.277. The first-order valence-electron chi connectivity index (χ1n) is 11.1. The Bertz CT molecular complexity index is 1230. The molecule has 3 aromatic rings. The lowest BCUT2D eigenvalue weighted by atomic mass is 9.82. The highest BCUT2D eigenvalue weighted by molar-refractivity contribution is 5.95. The normalized spacial score (nSPS) is 22.5. The van der Waals surface area contributed by atoms with E-state index in [-0.39, 0.29) is 43.1 Å². The van der Waals surface area contributed by atoms with Gasteiger partial charge in [-0.25, -0.2) is 4.39 Å². The summed E-state index contributed by atoms with van der Waals surface area (Å²) >= 11 is 0. The second kappa shape index (κ2) is 7.78. The van der Waals surface area contributed by atoms with Crippen molar-refractivity contribution in [2.24, 2.45) is 5.92 Å². The van der Waals surface area contributed by atoms with Crippen LogP contribution in [-0.2, 0) is 0 Å². The van der Waals surface area contributed by atoms with Gasteiger partial charge >= 0.3 is 0 Å². The molecule has 0 unspecified atom stereocenters. The number of rotatable bonds is 3. The number of fused-ring (bicyclic) bond motifs is 4.